The van der Waals surface area contributed by atoms with Gasteiger partial charge in [0.15, 0.2) is 0 Å². The fourth-order valence-electron chi connectivity index (χ4n) is 1.82. The molecule has 1 unspecified atom stereocenters. The predicted molar refractivity (Wildman–Crippen MR) is 76.5 cm³/mol. The van der Waals surface area contributed by atoms with Crippen molar-refractivity contribution in [3.63, 3.8) is 0 Å². The summed E-state index contributed by atoms with van der Waals surface area (Å²) in [5.74, 6) is 1.11. The minimum atomic E-state index is 0.418. The van der Waals surface area contributed by atoms with Gasteiger partial charge in [0.05, 0.1) is 11.7 Å². The standard InChI is InChI=1S/C13H25N3S/c1-5-9-16-13(7-8-15-16)12(14-6-2)10-17-11(3)4/h7-8,11-12,14H,5-6,9-10H2,1-4H3. The zero-order valence-electron chi connectivity index (χ0n) is 11.4. The summed E-state index contributed by atoms with van der Waals surface area (Å²) in [7, 11) is 0. The van der Waals surface area contributed by atoms with E-state index >= 15 is 0 Å². The topological polar surface area (TPSA) is 29.9 Å². The zero-order chi connectivity index (χ0) is 12.7. The van der Waals surface area contributed by atoms with Crippen LogP contribution in [0.3, 0.4) is 0 Å². The molecule has 0 spiro atoms. The molecule has 0 fully saturated rings. The van der Waals surface area contributed by atoms with Gasteiger partial charge in [-0.15, -0.1) is 0 Å². The molecule has 0 aliphatic heterocycles. The Labute approximate surface area is 109 Å². The van der Waals surface area contributed by atoms with Crippen molar-refractivity contribution in [3.05, 3.63) is 18.0 Å². The smallest absolute Gasteiger partial charge is 0.0583 e. The molecular weight excluding hydrogens is 230 g/mol. The molecule has 1 heterocycles. The van der Waals surface area contributed by atoms with Gasteiger partial charge in [0, 0.05) is 18.5 Å². The van der Waals surface area contributed by atoms with Gasteiger partial charge in [-0.05, 0) is 24.3 Å². The maximum Gasteiger partial charge on any atom is 0.0583 e. The molecule has 0 radical (unpaired) electrons. The molecule has 1 aromatic heterocycles. The van der Waals surface area contributed by atoms with Crippen LogP contribution in [0.4, 0.5) is 0 Å². The Morgan fingerprint density at radius 1 is 1.41 bits per heavy atom. The molecule has 0 amide bonds. The van der Waals surface area contributed by atoms with Crippen molar-refractivity contribution in [1.29, 1.82) is 0 Å². The van der Waals surface area contributed by atoms with Crippen molar-refractivity contribution in [2.45, 2.75) is 52.0 Å². The Kier molecular flexibility index (Phi) is 6.66. The molecule has 3 nitrogen and oxygen atoms in total. The Morgan fingerprint density at radius 3 is 2.76 bits per heavy atom. The van der Waals surface area contributed by atoms with E-state index in [9.17, 15) is 0 Å². The van der Waals surface area contributed by atoms with Crippen molar-refractivity contribution in [2.75, 3.05) is 12.3 Å². The lowest BCUT2D eigenvalue weighted by Crippen LogP contribution is -2.26. The minimum absolute atomic E-state index is 0.418. The van der Waals surface area contributed by atoms with Crippen LogP contribution >= 0.6 is 11.8 Å². The number of thioether (sulfide) groups is 1. The predicted octanol–water partition coefficient (Wildman–Crippen LogP) is 3.09. The Balaban J connectivity index is 2.70. The molecule has 1 atom stereocenters. The van der Waals surface area contributed by atoms with Crippen molar-refractivity contribution in [2.24, 2.45) is 0 Å². The highest BCUT2D eigenvalue weighted by atomic mass is 32.2. The molecule has 0 saturated carbocycles. The third kappa shape index (κ3) is 4.72. The second kappa shape index (κ2) is 7.77. The van der Waals surface area contributed by atoms with Gasteiger partial charge in [0.1, 0.15) is 0 Å². The van der Waals surface area contributed by atoms with Crippen LogP contribution in [-0.4, -0.2) is 27.3 Å². The van der Waals surface area contributed by atoms with Gasteiger partial charge in [-0.2, -0.15) is 16.9 Å². The third-order valence-electron chi connectivity index (χ3n) is 2.59. The summed E-state index contributed by atoms with van der Waals surface area (Å²) >= 11 is 2.00. The fraction of sp³-hybridized carbons (Fsp3) is 0.769. The molecule has 1 rings (SSSR count). The summed E-state index contributed by atoms with van der Waals surface area (Å²) in [5, 5.41) is 8.64. The van der Waals surface area contributed by atoms with Crippen LogP contribution in [-0.2, 0) is 6.54 Å². The Morgan fingerprint density at radius 2 is 2.18 bits per heavy atom. The second-order valence-corrected chi connectivity index (χ2v) is 6.08. The first-order valence-corrected chi connectivity index (χ1v) is 7.60. The van der Waals surface area contributed by atoms with Crippen LogP contribution in [0.2, 0.25) is 0 Å². The van der Waals surface area contributed by atoms with Crippen LogP contribution in [0, 0.1) is 0 Å². The summed E-state index contributed by atoms with van der Waals surface area (Å²) < 4.78 is 2.13. The summed E-state index contributed by atoms with van der Waals surface area (Å²) in [6.07, 6.45) is 3.04. The lowest BCUT2D eigenvalue weighted by molar-refractivity contribution is 0.508. The SMILES string of the molecule is CCCn1nccc1C(CSC(C)C)NCC. The first-order chi connectivity index (χ1) is 8.19. The molecule has 4 heteroatoms. The highest BCUT2D eigenvalue weighted by molar-refractivity contribution is 7.99. The van der Waals surface area contributed by atoms with E-state index < -0.39 is 0 Å². The van der Waals surface area contributed by atoms with Crippen molar-refractivity contribution in [3.8, 4) is 0 Å². The second-order valence-electron chi connectivity index (χ2n) is 4.47. The molecular formula is C13H25N3S. The molecule has 1 aromatic rings. The number of aromatic nitrogens is 2. The molecule has 0 bridgehead atoms. The summed E-state index contributed by atoms with van der Waals surface area (Å²) in [5.41, 5.74) is 1.32. The largest absolute Gasteiger partial charge is 0.308 e. The van der Waals surface area contributed by atoms with E-state index in [1.54, 1.807) is 0 Å². The highest BCUT2D eigenvalue weighted by Crippen LogP contribution is 2.21. The van der Waals surface area contributed by atoms with Crippen LogP contribution in [0.25, 0.3) is 0 Å². The molecule has 0 aliphatic rings. The van der Waals surface area contributed by atoms with Crippen molar-refractivity contribution >= 4 is 11.8 Å². The van der Waals surface area contributed by atoms with Gasteiger partial charge in [-0.1, -0.05) is 27.7 Å². The average Bonchev–Trinajstić information content (AvgIpc) is 2.73. The maximum atomic E-state index is 4.40. The zero-order valence-corrected chi connectivity index (χ0v) is 12.3. The number of nitrogens with one attached hydrogen (secondary N) is 1. The molecule has 0 saturated heterocycles. The number of aryl methyl sites for hydroxylation is 1. The monoisotopic (exact) mass is 255 g/mol. The van der Waals surface area contributed by atoms with E-state index in [1.165, 1.54) is 5.69 Å². The van der Waals surface area contributed by atoms with Crippen LogP contribution < -0.4 is 5.32 Å². The van der Waals surface area contributed by atoms with E-state index in [0.29, 0.717) is 11.3 Å². The quantitative estimate of drug-likeness (QED) is 0.774. The Bertz CT molecular complexity index is 309. The van der Waals surface area contributed by atoms with Gasteiger partial charge in [-0.3, -0.25) is 4.68 Å². The average molecular weight is 255 g/mol. The summed E-state index contributed by atoms with van der Waals surface area (Å²) in [6.45, 7) is 10.9. The molecule has 98 valence electrons. The van der Waals surface area contributed by atoms with E-state index in [-0.39, 0.29) is 0 Å². The minimum Gasteiger partial charge on any atom is -0.308 e. The molecule has 0 aliphatic carbocycles. The first kappa shape index (κ1) is 14.6. The van der Waals surface area contributed by atoms with Crippen LogP contribution in [0.15, 0.2) is 12.3 Å². The van der Waals surface area contributed by atoms with Crippen LogP contribution in [0.1, 0.15) is 45.9 Å². The number of hydrogen-bond acceptors (Lipinski definition) is 3. The lowest BCUT2D eigenvalue weighted by atomic mass is 10.2. The normalized spacial score (nSPS) is 13.2. The van der Waals surface area contributed by atoms with Crippen molar-refractivity contribution < 1.29 is 0 Å². The third-order valence-corrected chi connectivity index (χ3v) is 3.78. The van der Waals surface area contributed by atoms with E-state index in [4.69, 9.17) is 0 Å². The molecule has 17 heavy (non-hydrogen) atoms. The van der Waals surface area contributed by atoms with E-state index in [2.05, 4.69) is 48.9 Å². The number of rotatable bonds is 8. The van der Waals surface area contributed by atoms with Crippen molar-refractivity contribution in [1.82, 2.24) is 15.1 Å². The van der Waals surface area contributed by atoms with E-state index in [0.717, 1.165) is 25.3 Å². The van der Waals surface area contributed by atoms with Gasteiger partial charge < -0.3 is 5.32 Å². The van der Waals surface area contributed by atoms with Gasteiger partial charge in [0.2, 0.25) is 0 Å². The van der Waals surface area contributed by atoms with Gasteiger partial charge in [-0.25, -0.2) is 0 Å². The van der Waals surface area contributed by atoms with E-state index in [1.807, 2.05) is 18.0 Å². The maximum absolute atomic E-state index is 4.40. The Hall–Kier alpha value is -0.480. The van der Waals surface area contributed by atoms with Gasteiger partial charge in [0.25, 0.3) is 0 Å². The van der Waals surface area contributed by atoms with Crippen LogP contribution in [0.5, 0.6) is 0 Å². The number of hydrogen-bond donors (Lipinski definition) is 1. The van der Waals surface area contributed by atoms with Gasteiger partial charge >= 0.3 is 0 Å². The number of nitrogens with zero attached hydrogens (tertiary/aromatic N) is 2. The molecule has 0 aromatic carbocycles. The molecule has 1 N–H and O–H groups in total. The first-order valence-electron chi connectivity index (χ1n) is 6.55. The summed E-state index contributed by atoms with van der Waals surface area (Å²) in [4.78, 5) is 0. The lowest BCUT2D eigenvalue weighted by Gasteiger charge is -2.20. The fourth-order valence-corrected chi connectivity index (χ4v) is 2.69. The highest BCUT2D eigenvalue weighted by Gasteiger charge is 2.15. The summed E-state index contributed by atoms with van der Waals surface area (Å²) in [6, 6.07) is 2.56.